The molecule has 4 heteroatoms. The van der Waals surface area contributed by atoms with Gasteiger partial charge in [-0.05, 0) is 44.0 Å². The lowest BCUT2D eigenvalue weighted by Gasteiger charge is -2.21. The number of hydrogen-bond donors (Lipinski definition) is 2. The van der Waals surface area contributed by atoms with Gasteiger partial charge in [0, 0.05) is 0 Å². The van der Waals surface area contributed by atoms with Crippen LogP contribution in [0.25, 0.3) is 21.6 Å². The summed E-state index contributed by atoms with van der Waals surface area (Å²) >= 11 is 1.39. The van der Waals surface area contributed by atoms with Crippen molar-refractivity contribution in [1.82, 2.24) is 0 Å². The molecule has 0 aliphatic heterocycles. The minimum absolute atomic E-state index is 0.219. The summed E-state index contributed by atoms with van der Waals surface area (Å²) in [7, 11) is 0. The van der Waals surface area contributed by atoms with Gasteiger partial charge in [-0.25, -0.2) is 0 Å². The molecule has 3 aromatic rings. The van der Waals surface area contributed by atoms with Crippen LogP contribution < -0.4 is 10.5 Å². The van der Waals surface area contributed by atoms with Crippen LogP contribution in [0.5, 0.6) is 11.5 Å². The molecule has 0 aliphatic rings. The van der Waals surface area contributed by atoms with Gasteiger partial charge in [0.25, 0.3) is 0 Å². The van der Waals surface area contributed by atoms with Crippen molar-refractivity contribution in [2.45, 2.75) is 26.4 Å². The second-order valence-electron chi connectivity index (χ2n) is 6.63. The fourth-order valence-corrected chi connectivity index (χ4v) is 3.56. The van der Waals surface area contributed by atoms with Crippen molar-refractivity contribution < 1.29 is 9.84 Å². The number of rotatable bonds is 3. The van der Waals surface area contributed by atoms with Crippen molar-refractivity contribution >= 4 is 16.3 Å². The Morgan fingerprint density at radius 3 is 2.29 bits per heavy atom. The SMILES string of the molecule is CC(C)(C)Oc1cccc(-c2c(N)sc(-c3ccccc3)c2O)c1. The first-order valence-electron chi connectivity index (χ1n) is 7.81. The third-order valence-electron chi connectivity index (χ3n) is 3.49. The molecule has 0 fully saturated rings. The molecule has 3 N–H and O–H groups in total. The minimum Gasteiger partial charge on any atom is -0.506 e. The number of thiophene rings is 1. The monoisotopic (exact) mass is 339 g/mol. The molecule has 2 aromatic carbocycles. The fraction of sp³-hybridized carbons (Fsp3) is 0.200. The van der Waals surface area contributed by atoms with Gasteiger partial charge >= 0.3 is 0 Å². The Labute approximate surface area is 146 Å². The van der Waals surface area contributed by atoms with Gasteiger partial charge in [-0.1, -0.05) is 42.5 Å². The maximum Gasteiger partial charge on any atom is 0.144 e. The summed E-state index contributed by atoms with van der Waals surface area (Å²) in [5.41, 5.74) is 8.40. The molecule has 0 atom stereocenters. The van der Waals surface area contributed by atoms with Crippen LogP contribution in [0, 0.1) is 0 Å². The van der Waals surface area contributed by atoms with E-state index in [9.17, 15) is 5.11 Å². The molecule has 0 amide bonds. The highest BCUT2D eigenvalue weighted by Gasteiger charge is 2.19. The Kier molecular flexibility index (Phi) is 4.24. The molecule has 0 spiro atoms. The van der Waals surface area contributed by atoms with E-state index in [0.29, 0.717) is 10.6 Å². The highest BCUT2D eigenvalue weighted by atomic mass is 32.1. The molecule has 0 radical (unpaired) electrons. The smallest absolute Gasteiger partial charge is 0.144 e. The molecule has 0 unspecified atom stereocenters. The molecular weight excluding hydrogens is 318 g/mol. The average Bonchev–Trinajstić information content (AvgIpc) is 2.81. The lowest BCUT2D eigenvalue weighted by molar-refractivity contribution is 0.131. The van der Waals surface area contributed by atoms with E-state index in [0.717, 1.165) is 21.8 Å². The molecule has 3 nitrogen and oxygen atoms in total. The summed E-state index contributed by atoms with van der Waals surface area (Å²) in [6.07, 6.45) is 0. The van der Waals surface area contributed by atoms with Gasteiger partial charge in [0.2, 0.25) is 0 Å². The lowest BCUT2D eigenvalue weighted by atomic mass is 10.0. The molecule has 1 aromatic heterocycles. The van der Waals surface area contributed by atoms with Gasteiger partial charge in [0.1, 0.15) is 17.1 Å². The zero-order chi connectivity index (χ0) is 17.3. The van der Waals surface area contributed by atoms with Crippen molar-refractivity contribution in [2.75, 3.05) is 5.73 Å². The Morgan fingerprint density at radius 2 is 1.62 bits per heavy atom. The lowest BCUT2D eigenvalue weighted by Crippen LogP contribution is -2.22. The van der Waals surface area contributed by atoms with E-state index >= 15 is 0 Å². The van der Waals surface area contributed by atoms with Gasteiger partial charge in [-0.15, -0.1) is 11.3 Å². The molecule has 124 valence electrons. The number of hydrogen-bond acceptors (Lipinski definition) is 4. The molecular formula is C20H21NO2S. The zero-order valence-corrected chi connectivity index (χ0v) is 14.9. The van der Waals surface area contributed by atoms with E-state index in [4.69, 9.17) is 10.5 Å². The maximum atomic E-state index is 10.7. The van der Waals surface area contributed by atoms with Gasteiger partial charge < -0.3 is 15.6 Å². The maximum absolute atomic E-state index is 10.7. The second-order valence-corrected chi connectivity index (χ2v) is 7.68. The molecule has 1 heterocycles. The van der Waals surface area contributed by atoms with E-state index in [1.54, 1.807) is 0 Å². The van der Waals surface area contributed by atoms with Crippen molar-refractivity contribution in [3.8, 4) is 33.1 Å². The van der Waals surface area contributed by atoms with Crippen molar-refractivity contribution in [2.24, 2.45) is 0 Å². The first-order chi connectivity index (χ1) is 11.3. The standard InChI is InChI=1S/C20H21NO2S/c1-20(2,3)23-15-11-7-10-14(12-15)16-17(22)18(24-19(16)21)13-8-5-4-6-9-13/h4-12,22H,21H2,1-3H3. The highest BCUT2D eigenvalue weighted by Crippen LogP contribution is 2.49. The Morgan fingerprint density at radius 1 is 0.958 bits per heavy atom. The van der Waals surface area contributed by atoms with Crippen LogP contribution in [0.2, 0.25) is 0 Å². The first kappa shape index (κ1) is 16.4. The van der Waals surface area contributed by atoms with E-state index in [1.165, 1.54) is 11.3 Å². The predicted octanol–water partition coefficient (Wildman–Crippen LogP) is 5.55. The van der Waals surface area contributed by atoms with Crippen molar-refractivity contribution in [3.63, 3.8) is 0 Å². The van der Waals surface area contributed by atoms with Crippen LogP contribution >= 0.6 is 11.3 Å². The zero-order valence-electron chi connectivity index (χ0n) is 14.0. The van der Waals surface area contributed by atoms with Gasteiger partial charge in [0.05, 0.1) is 15.4 Å². The second kappa shape index (κ2) is 6.21. The number of aromatic hydroxyl groups is 1. The normalized spacial score (nSPS) is 11.5. The predicted molar refractivity (Wildman–Crippen MR) is 102 cm³/mol. The summed E-state index contributed by atoms with van der Waals surface area (Å²) in [4.78, 5) is 0.783. The quantitative estimate of drug-likeness (QED) is 0.658. The van der Waals surface area contributed by atoms with Gasteiger partial charge in [0.15, 0.2) is 0 Å². The summed E-state index contributed by atoms with van der Waals surface area (Å²) in [5.74, 6) is 0.975. The van der Waals surface area contributed by atoms with Crippen LogP contribution in [-0.2, 0) is 0 Å². The number of nitrogens with two attached hydrogens (primary N) is 1. The third-order valence-corrected chi connectivity index (χ3v) is 4.55. The van der Waals surface area contributed by atoms with Crippen molar-refractivity contribution in [3.05, 3.63) is 54.6 Å². The summed E-state index contributed by atoms with van der Waals surface area (Å²) in [6.45, 7) is 6.01. The van der Waals surface area contributed by atoms with Crippen LogP contribution in [0.15, 0.2) is 54.6 Å². The third kappa shape index (κ3) is 3.39. The van der Waals surface area contributed by atoms with Crippen LogP contribution in [0.4, 0.5) is 5.00 Å². The Balaban J connectivity index is 2.05. The largest absolute Gasteiger partial charge is 0.506 e. The number of benzene rings is 2. The molecule has 0 aliphatic carbocycles. The highest BCUT2D eigenvalue weighted by molar-refractivity contribution is 7.20. The topological polar surface area (TPSA) is 55.5 Å². The molecule has 0 bridgehead atoms. The minimum atomic E-state index is -0.282. The average molecular weight is 339 g/mol. The van der Waals surface area contributed by atoms with Crippen LogP contribution in [0.3, 0.4) is 0 Å². The number of anilines is 1. The summed E-state index contributed by atoms with van der Waals surface area (Å²) in [6, 6.07) is 17.4. The number of ether oxygens (including phenoxy) is 1. The Hall–Kier alpha value is -2.46. The summed E-state index contributed by atoms with van der Waals surface area (Å²) < 4.78 is 5.92. The molecule has 0 saturated carbocycles. The van der Waals surface area contributed by atoms with Crippen LogP contribution in [0.1, 0.15) is 20.8 Å². The molecule has 24 heavy (non-hydrogen) atoms. The van der Waals surface area contributed by atoms with Crippen molar-refractivity contribution in [1.29, 1.82) is 0 Å². The molecule has 0 saturated heterocycles. The van der Waals surface area contributed by atoms with Gasteiger partial charge in [-0.3, -0.25) is 0 Å². The van der Waals surface area contributed by atoms with E-state index in [1.807, 2.05) is 75.4 Å². The Bertz CT molecular complexity index is 848. The number of nitrogen functional groups attached to an aromatic ring is 1. The molecule has 3 rings (SSSR count). The van der Waals surface area contributed by atoms with Gasteiger partial charge in [-0.2, -0.15) is 0 Å². The van der Waals surface area contributed by atoms with E-state index in [-0.39, 0.29) is 11.4 Å². The van der Waals surface area contributed by atoms with Crippen LogP contribution in [-0.4, -0.2) is 10.7 Å². The first-order valence-corrected chi connectivity index (χ1v) is 8.63. The van der Waals surface area contributed by atoms with E-state index < -0.39 is 0 Å². The summed E-state index contributed by atoms with van der Waals surface area (Å²) in [5, 5.41) is 11.3. The fourth-order valence-electron chi connectivity index (χ4n) is 2.57. The van der Waals surface area contributed by atoms with E-state index in [2.05, 4.69) is 0 Å².